The summed E-state index contributed by atoms with van der Waals surface area (Å²) in [5.41, 5.74) is 0.708. The zero-order chi connectivity index (χ0) is 14.5. The fraction of sp³-hybridized carbons (Fsp3) is 0.0714. The van der Waals surface area contributed by atoms with Crippen LogP contribution in [0.4, 0.5) is 4.39 Å². The van der Waals surface area contributed by atoms with Crippen LogP contribution in [0.1, 0.15) is 11.1 Å². The van der Waals surface area contributed by atoms with E-state index in [1.165, 1.54) is 47.3 Å². The summed E-state index contributed by atoms with van der Waals surface area (Å²) in [7, 11) is 0. The Kier molecular flexibility index (Phi) is 4.05. The first-order valence-electron chi connectivity index (χ1n) is 5.78. The van der Waals surface area contributed by atoms with Crippen molar-refractivity contribution in [1.29, 1.82) is 0 Å². The van der Waals surface area contributed by atoms with Gasteiger partial charge in [-0.3, -0.25) is 4.79 Å². The molecule has 0 amide bonds. The maximum absolute atomic E-state index is 13.2. The van der Waals surface area contributed by atoms with Gasteiger partial charge < -0.3 is 5.11 Å². The molecular formula is C14H11FN2O3. The van der Waals surface area contributed by atoms with Crippen molar-refractivity contribution in [3.8, 4) is 0 Å². The van der Waals surface area contributed by atoms with E-state index >= 15 is 0 Å². The molecule has 1 N–H and O–H groups in total. The molecule has 0 aliphatic heterocycles. The highest BCUT2D eigenvalue weighted by Gasteiger charge is 2.05. The van der Waals surface area contributed by atoms with Crippen molar-refractivity contribution in [1.82, 2.24) is 9.78 Å². The second-order valence-corrected chi connectivity index (χ2v) is 4.03. The Morgan fingerprint density at radius 3 is 2.90 bits per heavy atom. The van der Waals surface area contributed by atoms with Crippen LogP contribution >= 0.6 is 0 Å². The first-order valence-corrected chi connectivity index (χ1v) is 5.78. The van der Waals surface area contributed by atoms with Gasteiger partial charge in [0.05, 0.1) is 6.54 Å². The third-order valence-electron chi connectivity index (χ3n) is 2.62. The van der Waals surface area contributed by atoms with Gasteiger partial charge in [-0.15, -0.1) is 0 Å². The van der Waals surface area contributed by atoms with Crippen LogP contribution in [0.3, 0.4) is 0 Å². The van der Waals surface area contributed by atoms with Gasteiger partial charge in [0.15, 0.2) is 0 Å². The van der Waals surface area contributed by atoms with E-state index in [2.05, 4.69) is 5.10 Å². The Hall–Kier alpha value is -2.76. The molecule has 102 valence electrons. The summed E-state index contributed by atoms with van der Waals surface area (Å²) in [5.74, 6) is -1.61. The van der Waals surface area contributed by atoms with Crippen molar-refractivity contribution in [3.63, 3.8) is 0 Å². The van der Waals surface area contributed by atoms with Crippen LogP contribution in [0.15, 0.2) is 47.4 Å². The Bertz CT molecular complexity index is 722. The molecule has 0 fully saturated rings. The van der Waals surface area contributed by atoms with Gasteiger partial charge in [-0.05, 0) is 35.4 Å². The number of carboxylic acids is 1. The van der Waals surface area contributed by atoms with Crippen LogP contribution in [0.2, 0.25) is 0 Å². The molecule has 0 aliphatic rings. The summed E-state index contributed by atoms with van der Waals surface area (Å²) in [6.45, 7) is 0.138. The number of nitrogens with zero attached hydrogens (tertiary/aromatic N) is 2. The average molecular weight is 274 g/mol. The van der Waals surface area contributed by atoms with Crippen LogP contribution in [-0.2, 0) is 11.3 Å². The molecule has 0 atom stereocenters. The summed E-state index contributed by atoms with van der Waals surface area (Å²) in [5, 5.41) is 12.5. The number of aromatic nitrogens is 2. The largest absolute Gasteiger partial charge is 0.478 e. The predicted molar refractivity (Wildman–Crippen MR) is 70.7 cm³/mol. The van der Waals surface area contributed by atoms with E-state index in [4.69, 9.17) is 5.11 Å². The van der Waals surface area contributed by atoms with E-state index in [0.29, 0.717) is 11.1 Å². The van der Waals surface area contributed by atoms with Crippen molar-refractivity contribution in [2.45, 2.75) is 6.54 Å². The van der Waals surface area contributed by atoms with Crippen molar-refractivity contribution in [2.24, 2.45) is 0 Å². The third-order valence-corrected chi connectivity index (χ3v) is 2.62. The number of halogens is 1. The SMILES string of the molecule is O=C(O)C=Cc1cc(F)ccc1Cn1ncccc1=O. The van der Waals surface area contributed by atoms with Gasteiger partial charge in [0, 0.05) is 18.3 Å². The molecule has 5 nitrogen and oxygen atoms in total. The first-order chi connectivity index (χ1) is 9.56. The topological polar surface area (TPSA) is 72.2 Å². The summed E-state index contributed by atoms with van der Waals surface area (Å²) in [6.07, 6.45) is 3.67. The predicted octanol–water partition coefficient (Wildman–Crippen LogP) is 1.53. The minimum atomic E-state index is -1.13. The van der Waals surface area contributed by atoms with E-state index in [1.54, 1.807) is 0 Å². The minimum absolute atomic E-state index is 0.138. The normalized spacial score (nSPS) is 10.8. The van der Waals surface area contributed by atoms with Crippen LogP contribution < -0.4 is 5.56 Å². The van der Waals surface area contributed by atoms with Gasteiger partial charge in [-0.1, -0.05) is 6.07 Å². The van der Waals surface area contributed by atoms with Gasteiger partial charge in [0.1, 0.15) is 5.82 Å². The number of hydrogen-bond donors (Lipinski definition) is 1. The molecule has 0 spiro atoms. The monoisotopic (exact) mass is 274 g/mol. The molecule has 1 aromatic heterocycles. The summed E-state index contributed by atoms with van der Waals surface area (Å²) in [4.78, 5) is 22.1. The second kappa shape index (κ2) is 5.92. The van der Waals surface area contributed by atoms with Crippen LogP contribution in [-0.4, -0.2) is 20.9 Å². The van der Waals surface area contributed by atoms with E-state index < -0.39 is 11.8 Å². The summed E-state index contributed by atoms with van der Waals surface area (Å²) >= 11 is 0. The van der Waals surface area contributed by atoms with Crippen LogP contribution in [0.5, 0.6) is 0 Å². The minimum Gasteiger partial charge on any atom is -0.478 e. The highest BCUT2D eigenvalue weighted by Crippen LogP contribution is 2.14. The number of hydrogen-bond acceptors (Lipinski definition) is 3. The highest BCUT2D eigenvalue weighted by molar-refractivity contribution is 5.85. The number of benzene rings is 1. The Morgan fingerprint density at radius 2 is 2.20 bits per heavy atom. The van der Waals surface area contributed by atoms with Crippen LogP contribution in [0, 0.1) is 5.82 Å². The molecule has 0 bridgehead atoms. The molecule has 2 rings (SSSR count). The lowest BCUT2D eigenvalue weighted by Crippen LogP contribution is -2.22. The lowest BCUT2D eigenvalue weighted by Gasteiger charge is -2.07. The molecule has 1 aromatic carbocycles. The quantitative estimate of drug-likeness (QED) is 0.858. The lowest BCUT2D eigenvalue weighted by molar-refractivity contribution is -0.131. The van der Waals surface area contributed by atoms with Gasteiger partial charge in [-0.2, -0.15) is 5.10 Å². The zero-order valence-electron chi connectivity index (χ0n) is 10.4. The molecule has 0 saturated carbocycles. The third kappa shape index (κ3) is 3.38. The lowest BCUT2D eigenvalue weighted by atomic mass is 10.1. The standard InChI is InChI=1S/C14H11FN2O3/c15-12-5-3-11(10(8-12)4-6-14(19)20)9-17-13(18)2-1-7-16-17/h1-8H,9H2,(H,19,20). The molecule has 2 aromatic rings. The van der Waals surface area contributed by atoms with E-state index in [0.717, 1.165) is 6.08 Å². The molecule has 0 aliphatic carbocycles. The summed E-state index contributed by atoms with van der Waals surface area (Å²) in [6, 6.07) is 6.85. The number of carboxylic acid groups (broad SMARTS) is 1. The van der Waals surface area contributed by atoms with Crippen molar-refractivity contribution < 1.29 is 14.3 Å². The van der Waals surface area contributed by atoms with E-state index in [9.17, 15) is 14.0 Å². The van der Waals surface area contributed by atoms with E-state index in [1.807, 2.05) is 0 Å². The average Bonchev–Trinajstić information content (AvgIpc) is 2.41. The number of rotatable bonds is 4. The van der Waals surface area contributed by atoms with Crippen molar-refractivity contribution >= 4 is 12.0 Å². The fourth-order valence-corrected chi connectivity index (χ4v) is 1.69. The van der Waals surface area contributed by atoms with Gasteiger partial charge >= 0.3 is 5.97 Å². The maximum atomic E-state index is 13.2. The first kappa shape index (κ1) is 13.7. The molecule has 1 heterocycles. The molecule has 0 radical (unpaired) electrons. The second-order valence-electron chi connectivity index (χ2n) is 4.03. The fourth-order valence-electron chi connectivity index (χ4n) is 1.69. The van der Waals surface area contributed by atoms with Gasteiger partial charge in [0.2, 0.25) is 0 Å². The highest BCUT2D eigenvalue weighted by atomic mass is 19.1. The molecular weight excluding hydrogens is 263 g/mol. The van der Waals surface area contributed by atoms with Gasteiger partial charge in [-0.25, -0.2) is 13.9 Å². The smallest absolute Gasteiger partial charge is 0.328 e. The Balaban J connectivity index is 2.39. The Labute approximate surface area is 113 Å². The molecule has 20 heavy (non-hydrogen) atoms. The van der Waals surface area contributed by atoms with Crippen LogP contribution in [0.25, 0.3) is 6.08 Å². The molecule has 0 saturated heterocycles. The zero-order valence-corrected chi connectivity index (χ0v) is 10.4. The maximum Gasteiger partial charge on any atom is 0.328 e. The van der Waals surface area contributed by atoms with Crippen molar-refractivity contribution in [2.75, 3.05) is 0 Å². The number of aliphatic carboxylic acids is 1. The number of carbonyl (C=O) groups is 1. The molecule has 6 heteroatoms. The van der Waals surface area contributed by atoms with Gasteiger partial charge in [0.25, 0.3) is 5.56 Å². The van der Waals surface area contributed by atoms with E-state index in [-0.39, 0.29) is 12.1 Å². The summed E-state index contributed by atoms with van der Waals surface area (Å²) < 4.78 is 14.4. The Morgan fingerprint density at radius 1 is 1.40 bits per heavy atom. The van der Waals surface area contributed by atoms with Crippen molar-refractivity contribution in [3.05, 3.63) is 69.9 Å². The molecule has 0 unspecified atom stereocenters.